The summed E-state index contributed by atoms with van der Waals surface area (Å²) in [6.45, 7) is 12.8. The molecule has 1 fully saturated rings. The standard InChI is InChI=1S/C29H40N4O5.C2H6.H2/c1-6-31-14-8-15-32(28(34)30-25-12-16-38-21(25)3)13-7-9-23-17-20(2)27-22(19-33(23)29(31)35)10-11-24(36-4)18-26(27)37-5;1-2;/h11-12,16-18,20H,6-10,13-15,19H2,1-5H3,(H,30,34);1-2H3;1H/t20-;;/m0../s1. The van der Waals surface area contributed by atoms with Crippen molar-refractivity contribution >= 4 is 17.7 Å². The highest BCUT2D eigenvalue weighted by Gasteiger charge is 2.32. The third-order valence-electron chi connectivity index (χ3n) is 7.51. The van der Waals surface area contributed by atoms with Gasteiger partial charge >= 0.3 is 12.1 Å². The lowest BCUT2D eigenvalue weighted by Crippen LogP contribution is -2.44. The van der Waals surface area contributed by atoms with Crippen LogP contribution in [0.2, 0.25) is 0 Å². The lowest BCUT2D eigenvalue weighted by atomic mass is 9.93. The summed E-state index contributed by atoms with van der Waals surface area (Å²) >= 11 is 0. The molecule has 4 rings (SSSR count). The van der Waals surface area contributed by atoms with E-state index in [1.165, 1.54) is 0 Å². The first-order chi connectivity index (χ1) is 19.4. The summed E-state index contributed by atoms with van der Waals surface area (Å²) in [5, 5.41) is 2.97. The molecule has 1 saturated heterocycles. The van der Waals surface area contributed by atoms with Crippen LogP contribution in [-0.2, 0) is 9.47 Å². The predicted molar refractivity (Wildman–Crippen MR) is 160 cm³/mol. The minimum Gasteiger partial charge on any atom is -0.497 e. The number of fused-ring (bicyclic) bond motifs is 1. The minimum atomic E-state index is -0.146. The number of methoxy groups -OCH3 is 2. The van der Waals surface area contributed by atoms with Crippen LogP contribution >= 0.6 is 0 Å². The van der Waals surface area contributed by atoms with E-state index in [2.05, 4.69) is 18.3 Å². The number of anilines is 1. The normalized spacial score (nSPS) is 20.3. The van der Waals surface area contributed by atoms with E-state index >= 15 is 0 Å². The molecule has 2 aliphatic heterocycles. The molecule has 0 radical (unpaired) electrons. The van der Waals surface area contributed by atoms with Crippen LogP contribution in [0.4, 0.5) is 15.3 Å². The van der Waals surface area contributed by atoms with Crippen molar-refractivity contribution in [2.24, 2.45) is 5.92 Å². The van der Waals surface area contributed by atoms with Gasteiger partial charge in [-0.25, -0.2) is 9.59 Å². The highest BCUT2D eigenvalue weighted by molar-refractivity contribution is 5.89. The molecular weight excluding hydrogens is 508 g/mol. The summed E-state index contributed by atoms with van der Waals surface area (Å²) in [5.41, 5.74) is 3.93. The van der Waals surface area contributed by atoms with Gasteiger partial charge in [-0.15, -0.1) is 0 Å². The fourth-order valence-corrected chi connectivity index (χ4v) is 5.43. The summed E-state index contributed by atoms with van der Waals surface area (Å²) in [6, 6.07) is 1.62. The Kier molecular flexibility index (Phi) is 11.3. The Labute approximate surface area is 240 Å². The molecule has 0 spiro atoms. The second-order valence-corrected chi connectivity index (χ2v) is 9.90. The van der Waals surface area contributed by atoms with Gasteiger partial charge in [0.05, 0.1) is 26.2 Å². The van der Waals surface area contributed by atoms with Crippen LogP contribution in [0.15, 0.2) is 63.3 Å². The van der Waals surface area contributed by atoms with Crippen molar-refractivity contribution in [3.63, 3.8) is 0 Å². The van der Waals surface area contributed by atoms with Gasteiger partial charge in [0.15, 0.2) is 0 Å². The van der Waals surface area contributed by atoms with E-state index in [9.17, 15) is 9.59 Å². The van der Waals surface area contributed by atoms with E-state index in [-0.39, 0.29) is 19.4 Å². The van der Waals surface area contributed by atoms with E-state index in [4.69, 9.17) is 13.9 Å². The van der Waals surface area contributed by atoms with Gasteiger partial charge in [0, 0.05) is 63.5 Å². The minimum absolute atomic E-state index is 0. The van der Waals surface area contributed by atoms with Crippen LogP contribution in [0, 0.1) is 12.8 Å². The molecule has 0 saturated carbocycles. The number of furan rings is 1. The zero-order valence-corrected chi connectivity index (χ0v) is 25.2. The Balaban J connectivity index is 0.00000192. The largest absolute Gasteiger partial charge is 0.497 e. The smallest absolute Gasteiger partial charge is 0.324 e. The molecule has 4 amide bonds. The maximum Gasteiger partial charge on any atom is 0.324 e. The molecule has 0 aromatic carbocycles. The van der Waals surface area contributed by atoms with E-state index in [1.807, 2.05) is 54.5 Å². The van der Waals surface area contributed by atoms with Crippen LogP contribution in [0.25, 0.3) is 0 Å². The monoisotopic (exact) mass is 556 g/mol. The number of nitrogens with zero attached hydrogens (tertiary/aromatic N) is 3. The van der Waals surface area contributed by atoms with Crippen LogP contribution in [0.5, 0.6) is 0 Å². The van der Waals surface area contributed by atoms with Gasteiger partial charge in [0.25, 0.3) is 0 Å². The Morgan fingerprint density at radius 3 is 2.58 bits per heavy atom. The number of carbonyl (C=O) groups is 2. The first kappa shape index (κ1) is 30.9. The van der Waals surface area contributed by atoms with E-state index in [1.54, 1.807) is 26.5 Å². The number of hydrogen-bond donors (Lipinski definition) is 1. The van der Waals surface area contributed by atoms with Crippen molar-refractivity contribution < 1.29 is 24.9 Å². The van der Waals surface area contributed by atoms with Crippen LogP contribution in [0.1, 0.15) is 60.6 Å². The SMILES string of the molecule is CC.CCN1CCCN(C(=O)Nc2ccoc2C)CCCC2=C[C@H](C)C3=C(CC=C(OC)C=C3OC)CN2C1=O.[HH]. The molecule has 3 heterocycles. The van der Waals surface area contributed by atoms with Crippen LogP contribution in [-0.4, -0.2) is 73.7 Å². The maximum absolute atomic E-state index is 13.9. The van der Waals surface area contributed by atoms with E-state index in [0.29, 0.717) is 63.4 Å². The number of carbonyl (C=O) groups excluding carboxylic acids is 2. The summed E-state index contributed by atoms with van der Waals surface area (Å²) in [4.78, 5) is 32.7. The Morgan fingerprint density at radius 2 is 1.93 bits per heavy atom. The Hall–Kier alpha value is -3.62. The first-order valence-electron chi connectivity index (χ1n) is 14.5. The molecule has 1 N–H and O–H groups in total. The van der Waals surface area contributed by atoms with E-state index < -0.39 is 0 Å². The maximum atomic E-state index is 13.9. The topological polar surface area (TPSA) is 87.5 Å². The van der Waals surface area contributed by atoms with Gasteiger partial charge in [0.2, 0.25) is 0 Å². The van der Waals surface area contributed by atoms with Crippen LogP contribution in [0.3, 0.4) is 0 Å². The molecule has 3 aliphatic rings. The molecule has 1 aromatic heterocycles. The summed E-state index contributed by atoms with van der Waals surface area (Å²) in [5.74, 6) is 2.26. The zero-order valence-electron chi connectivity index (χ0n) is 25.2. The van der Waals surface area contributed by atoms with Crippen molar-refractivity contribution in [1.29, 1.82) is 0 Å². The molecule has 9 heteroatoms. The highest BCUT2D eigenvalue weighted by atomic mass is 16.5. The molecule has 222 valence electrons. The average molecular weight is 557 g/mol. The third-order valence-corrected chi connectivity index (χ3v) is 7.51. The van der Waals surface area contributed by atoms with Gasteiger partial charge in [-0.1, -0.05) is 26.8 Å². The molecule has 1 aliphatic carbocycles. The molecule has 9 nitrogen and oxygen atoms in total. The van der Waals surface area contributed by atoms with Gasteiger partial charge < -0.3 is 29.0 Å². The van der Waals surface area contributed by atoms with Gasteiger partial charge in [-0.05, 0) is 51.2 Å². The number of ether oxygens (including phenoxy) is 2. The van der Waals surface area contributed by atoms with Crippen molar-refractivity contribution in [2.45, 2.75) is 60.3 Å². The number of allylic oxidation sites excluding steroid dienone is 5. The number of aryl methyl sites for hydroxylation is 1. The number of hydrogen-bond acceptors (Lipinski definition) is 5. The third kappa shape index (κ3) is 7.11. The number of nitrogens with one attached hydrogen (secondary N) is 1. The fourth-order valence-electron chi connectivity index (χ4n) is 5.43. The first-order valence-corrected chi connectivity index (χ1v) is 14.5. The second-order valence-electron chi connectivity index (χ2n) is 9.90. The van der Waals surface area contributed by atoms with Crippen molar-refractivity contribution in [2.75, 3.05) is 52.3 Å². The Bertz CT molecular complexity index is 1170. The lowest BCUT2D eigenvalue weighted by molar-refractivity contribution is 0.168. The number of rotatable bonds is 4. The van der Waals surface area contributed by atoms with Crippen molar-refractivity contribution in [3.8, 4) is 0 Å². The van der Waals surface area contributed by atoms with Gasteiger partial charge in [-0.2, -0.15) is 0 Å². The lowest BCUT2D eigenvalue weighted by Gasteiger charge is -2.31. The molecule has 40 heavy (non-hydrogen) atoms. The molecule has 0 unspecified atom stereocenters. The molecule has 0 bridgehead atoms. The second kappa shape index (κ2) is 14.7. The van der Waals surface area contributed by atoms with Gasteiger partial charge in [-0.3, -0.25) is 4.90 Å². The summed E-state index contributed by atoms with van der Waals surface area (Å²) < 4.78 is 16.6. The van der Waals surface area contributed by atoms with Crippen molar-refractivity contribution in [3.05, 3.63) is 64.7 Å². The predicted octanol–water partition coefficient (Wildman–Crippen LogP) is 6.92. The summed E-state index contributed by atoms with van der Waals surface area (Å²) in [6.07, 6.45) is 10.6. The number of urea groups is 2. The fraction of sp³-hybridized carbons (Fsp3) is 0.548. The summed E-state index contributed by atoms with van der Waals surface area (Å²) in [7, 11) is 3.33. The quantitative estimate of drug-likeness (QED) is 0.435. The molecule has 1 aromatic rings. The highest BCUT2D eigenvalue weighted by Crippen LogP contribution is 2.36. The van der Waals surface area contributed by atoms with Crippen LogP contribution < -0.4 is 5.32 Å². The number of amides is 4. The average Bonchev–Trinajstić information content (AvgIpc) is 3.18. The zero-order chi connectivity index (χ0) is 29.2. The Morgan fingerprint density at radius 1 is 1.18 bits per heavy atom. The van der Waals surface area contributed by atoms with Crippen molar-refractivity contribution in [1.82, 2.24) is 14.7 Å². The van der Waals surface area contributed by atoms with E-state index in [0.717, 1.165) is 34.8 Å². The van der Waals surface area contributed by atoms with Gasteiger partial charge in [0.1, 0.15) is 17.3 Å². The molecule has 1 atom stereocenters. The molecular formula is C31H48N4O5.